The summed E-state index contributed by atoms with van der Waals surface area (Å²) in [5.74, 6) is 1.30. The fourth-order valence-corrected chi connectivity index (χ4v) is 6.68. The molecule has 25 heavy (non-hydrogen) atoms. The van der Waals surface area contributed by atoms with Crippen LogP contribution in [0.15, 0.2) is 6.07 Å². The SMILES string of the molecule is C[C@H]1CC[C@@H]2[C@@H](C[C@H]3C[C@]2(O)c2cc(O)c4c(c23)CCCC4)[NH+]1C.[Cl-]. The molecular weight excluding hydrogens is 334 g/mol. The van der Waals surface area contributed by atoms with Gasteiger partial charge in [0.2, 0.25) is 0 Å². The molecule has 2 fully saturated rings. The Morgan fingerprint density at radius 3 is 2.64 bits per heavy atom. The zero-order valence-corrected chi connectivity index (χ0v) is 16.1. The van der Waals surface area contributed by atoms with E-state index >= 15 is 0 Å². The molecule has 1 heterocycles. The van der Waals surface area contributed by atoms with Gasteiger partial charge in [-0.25, -0.2) is 0 Å². The molecule has 3 aliphatic carbocycles. The molecule has 0 radical (unpaired) electrons. The zero-order valence-electron chi connectivity index (χ0n) is 15.3. The molecule has 5 rings (SSSR count). The first-order valence-corrected chi connectivity index (χ1v) is 9.94. The van der Waals surface area contributed by atoms with Crippen molar-refractivity contribution in [3.05, 3.63) is 28.3 Å². The Hall–Kier alpha value is -0.770. The molecule has 1 aliphatic heterocycles. The lowest BCUT2D eigenvalue weighted by molar-refractivity contribution is -0.941. The number of phenolic OH excluding ortho intramolecular Hbond substituents is 1. The van der Waals surface area contributed by atoms with Crippen molar-refractivity contribution in [1.82, 2.24) is 0 Å². The molecule has 1 saturated carbocycles. The maximum absolute atomic E-state index is 11.8. The van der Waals surface area contributed by atoms with Crippen LogP contribution in [-0.4, -0.2) is 29.3 Å². The van der Waals surface area contributed by atoms with Crippen LogP contribution in [-0.2, 0) is 18.4 Å². The van der Waals surface area contributed by atoms with Crippen LogP contribution < -0.4 is 17.3 Å². The van der Waals surface area contributed by atoms with E-state index in [9.17, 15) is 10.2 Å². The van der Waals surface area contributed by atoms with E-state index in [1.165, 1.54) is 42.4 Å². The normalized spacial score (nSPS) is 41.3. The third-order valence-corrected chi connectivity index (χ3v) is 8.02. The van der Waals surface area contributed by atoms with Crippen LogP contribution in [0.25, 0.3) is 0 Å². The summed E-state index contributed by atoms with van der Waals surface area (Å²) in [6, 6.07) is 3.21. The molecule has 1 aromatic carbocycles. The topological polar surface area (TPSA) is 44.9 Å². The Morgan fingerprint density at radius 1 is 1.16 bits per heavy atom. The summed E-state index contributed by atoms with van der Waals surface area (Å²) in [6.07, 6.45) is 8.94. The molecule has 2 bridgehead atoms. The molecule has 3 nitrogen and oxygen atoms in total. The lowest BCUT2D eigenvalue weighted by atomic mass is 9.66. The second-order valence-electron chi connectivity index (χ2n) is 9.02. The Kier molecular flexibility index (Phi) is 4.14. The highest BCUT2D eigenvalue weighted by Crippen LogP contribution is 2.59. The number of hydrogen-bond acceptors (Lipinski definition) is 2. The quantitative estimate of drug-likeness (QED) is 0.556. The van der Waals surface area contributed by atoms with Crippen LogP contribution in [0.5, 0.6) is 5.75 Å². The van der Waals surface area contributed by atoms with Crippen LogP contribution in [0, 0.1) is 5.92 Å². The minimum Gasteiger partial charge on any atom is -1.00 e. The predicted molar refractivity (Wildman–Crippen MR) is 93.5 cm³/mol. The number of aromatic hydroxyl groups is 1. The van der Waals surface area contributed by atoms with Crippen molar-refractivity contribution in [3.8, 4) is 5.75 Å². The number of halogens is 1. The van der Waals surface area contributed by atoms with E-state index in [4.69, 9.17) is 0 Å². The standard InChI is InChI=1S/C21H29NO2.ClH/c1-12-7-8-16-18(22(12)2)9-13-11-21(16,24)17-10-19(23)14-5-3-4-6-15(14)20(13)17;/h10,12-13,16,18,23-24H,3-9,11H2,1-2H3;1H/t12-,13-,16+,18+,21+;/m0./s1. The number of piperidine rings is 1. The summed E-state index contributed by atoms with van der Waals surface area (Å²) >= 11 is 0. The molecular formula is C21H30ClNO2. The molecule has 0 aromatic heterocycles. The lowest BCUT2D eigenvalue weighted by Gasteiger charge is -2.49. The lowest BCUT2D eigenvalue weighted by Crippen LogP contribution is -3.18. The summed E-state index contributed by atoms with van der Waals surface area (Å²) in [6.45, 7) is 2.35. The van der Waals surface area contributed by atoms with E-state index in [0.717, 1.165) is 31.2 Å². The third-order valence-electron chi connectivity index (χ3n) is 8.02. The van der Waals surface area contributed by atoms with E-state index in [2.05, 4.69) is 14.0 Å². The van der Waals surface area contributed by atoms with Crippen molar-refractivity contribution in [2.75, 3.05) is 7.05 Å². The molecule has 1 saturated heterocycles. The van der Waals surface area contributed by atoms with E-state index < -0.39 is 5.60 Å². The van der Waals surface area contributed by atoms with Gasteiger partial charge in [-0.15, -0.1) is 0 Å². The highest BCUT2D eigenvalue weighted by Gasteiger charge is 2.59. The number of phenols is 1. The minimum atomic E-state index is -0.700. The predicted octanol–water partition coefficient (Wildman–Crippen LogP) is -0.965. The third kappa shape index (κ3) is 2.25. The highest BCUT2D eigenvalue weighted by molar-refractivity contribution is 5.57. The average molecular weight is 364 g/mol. The van der Waals surface area contributed by atoms with E-state index in [1.54, 1.807) is 4.90 Å². The monoisotopic (exact) mass is 363 g/mol. The van der Waals surface area contributed by atoms with Gasteiger partial charge in [0.15, 0.2) is 0 Å². The number of quaternary nitrogens is 1. The van der Waals surface area contributed by atoms with Gasteiger partial charge in [-0.3, -0.25) is 0 Å². The maximum Gasteiger partial charge on any atom is 0.119 e. The molecule has 138 valence electrons. The first-order valence-electron chi connectivity index (χ1n) is 9.94. The highest BCUT2D eigenvalue weighted by atomic mass is 35.5. The van der Waals surface area contributed by atoms with Crippen LogP contribution in [0.4, 0.5) is 0 Å². The number of nitrogens with one attached hydrogen (secondary N) is 1. The van der Waals surface area contributed by atoms with Gasteiger partial charge >= 0.3 is 0 Å². The summed E-state index contributed by atoms with van der Waals surface area (Å²) < 4.78 is 0. The van der Waals surface area contributed by atoms with Crippen molar-refractivity contribution < 1.29 is 27.5 Å². The van der Waals surface area contributed by atoms with Crippen LogP contribution >= 0.6 is 0 Å². The maximum atomic E-state index is 11.8. The molecule has 0 spiro atoms. The molecule has 4 aliphatic rings. The fraction of sp³-hybridized carbons (Fsp3) is 0.714. The van der Waals surface area contributed by atoms with Crippen molar-refractivity contribution >= 4 is 0 Å². The fourth-order valence-electron chi connectivity index (χ4n) is 6.68. The van der Waals surface area contributed by atoms with Gasteiger partial charge in [-0.2, -0.15) is 0 Å². The number of likely N-dealkylation sites (tertiary alicyclic amines) is 1. The second kappa shape index (κ2) is 5.87. The zero-order chi connectivity index (χ0) is 16.6. The molecule has 0 amide bonds. The first-order chi connectivity index (χ1) is 11.5. The first kappa shape index (κ1) is 17.6. The van der Waals surface area contributed by atoms with Crippen LogP contribution in [0.1, 0.15) is 73.6 Å². The largest absolute Gasteiger partial charge is 1.00 e. The van der Waals surface area contributed by atoms with E-state index in [-0.39, 0.29) is 12.4 Å². The Labute approximate surface area is 156 Å². The van der Waals surface area contributed by atoms with E-state index in [1.807, 2.05) is 6.07 Å². The van der Waals surface area contributed by atoms with E-state index in [0.29, 0.717) is 29.7 Å². The number of fused-ring (bicyclic) bond motifs is 9. The van der Waals surface area contributed by atoms with Gasteiger partial charge in [0.1, 0.15) is 5.75 Å². The number of rotatable bonds is 0. The minimum absolute atomic E-state index is 0. The Bertz CT molecular complexity index is 706. The molecule has 4 heteroatoms. The Balaban J connectivity index is 0.00000157. The van der Waals surface area contributed by atoms with Crippen LogP contribution in [0.3, 0.4) is 0 Å². The second-order valence-corrected chi connectivity index (χ2v) is 9.02. The average Bonchev–Trinajstić information content (AvgIpc) is 2.80. The van der Waals surface area contributed by atoms with Gasteiger partial charge in [0.05, 0.1) is 24.7 Å². The number of aliphatic hydroxyl groups is 1. The number of hydrogen-bond donors (Lipinski definition) is 3. The summed E-state index contributed by atoms with van der Waals surface area (Å²) in [4.78, 5) is 1.61. The smallest absolute Gasteiger partial charge is 0.119 e. The van der Waals surface area contributed by atoms with Crippen LogP contribution in [0.2, 0.25) is 0 Å². The van der Waals surface area contributed by atoms with Gasteiger partial charge < -0.3 is 27.5 Å². The Morgan fingerprint density at radius 2 is 1.88 bits per heavy atom. The van der Waals surface area contributed by atoms with Gasteiger partial charge in [0, 0.05) is 12.3 Å². The number of benzene rings is 1. The van der Waals surface area contributed by atoms with Gasteiger partial charge in [-0.05, 0) is 86.1 Å². The van der Waals surface area contributed by atoms with Crippen molar-refractivity contribution in [2.45, 2.75) is 81.9 Å². The van der Waals surface area contributed by atoms with Gasteiger partial charge in [0.25, 0.3) is 0 Å². The van der Waals surface area contributed by atoms with Crippen molar-refractivity contribution in [1.29, 1.82) is 0 Å². The van der Waals surface area contributed by atoms with Crippen molar-refractivity contribution in [3.63, 3.8) is 0 Å². The summed E-state index contributed by atoms with van der Waals surface area (Å²) in [7, 11) is 2.33. The van der Waals surface area contributed by atoms with Crippen molar-refractivity contribution in [2.24, 2.45) is 5.92 Å². The summed E-state index contributed by atoms with van der Waals surface area (Å²) in [5.41, 5.74) is 4.43. The molecule has 3 N–H and O–H groups in total. The van der Waals surface area contributed by atoms with Gasteiger partial charge in [-0.1, -0.05) is 0 Å². The molecule has 1 unspecified atom stereocenters. The molecule has 6 atom stereocenters. The molecule has 1 aromatic rings. The summed E-state index contributed by atoms with van der Waals surface area (Å²) in [5, 5.41) is 22.4.